The van der Waals surface area contributed by atoms with Gasteiger partial charge in [-0.2, -0.15) is 0 Å². The van der Waals surface area contributed by atoms with Gasteiger partial charge in [-0.15, -0.1) is 12.4 Å². The first-order chi connectivity index (χ1) is 8.86. The van der Waals surface area contributed by atoms with Crippen molar-refractivity contribution in [3.05, 3.63) is 0 Å². The van der Waals surface area contributed by atoms with E-state index in [4.69, 9.17) is 4.74 Å². The van der Waals surface area contributed by atoms with Gasteiger partial charge in [-0.05, 0) is 25.3 Å². The molecule has 2 N–H and O–H groups in total. The molecular formula is C15H31ClN2O2. The van der Waals surface area contributed by atoms with E-state index in [0.717, 1.165) is 32.5 Å². The van der Waals surface area contributed by atoms with Crippen LogP contribution in [0.15, 0.2) is 0 Å². The van der Waals surface area contributed by atoms with E-state index >= 15 is 0 Å². The Hall–Kier alpha value is -0.320. The van der Waals surface area contributed by atoms with Crippen molar-refractivity contribution >= 4 is 18.3 Å². The normalized spacial score (nSPS) is 24.6. The molecule has 1 aliphatic heterocycles. The van der Waals surface area contributed by atoms with Crippen LogP contribution in [-0.4, -0.2) is 38.8 Å². The molecule has 4 nitrogen and oxygen atoms in total. The molecule has 0 radical (unpaired) electrons. The average molecular weight is 307 g/mol. The van der Waals surface area contributed by atoms with Crippen molar-refractivity contribution in [1.29, 1.82) is 0 Å². The summed E-state index contributed by atoms with van der Waals surface area (Å²) in [5.74, 6) is 0.578. The van der Waals surface area contributed by atoms with Crippen LogP contribution in [0.5, 0.6) is 0 Å². The maximum Gasteiger partial charge on any atom is 0.224 e. The summed E-state index contributed by atoms with van der Waals surface area (Å²) in [7, 11) is 1.87. The molecule has 0 bridgehead atoms. The molecule has 20 heavy (non-hydrogen) atoms. The number of ether oxygens (including phenoxy) is 1. The number of carbonyl (C=O) groups excluding carboxylic acids is 1. The second kappa shape index (κ2) is 8.85. The molecule has 5 heteroatoms. The molecule has 1 rings (SSSR count). The molecule has 1 fully saturated rings. The minimum atomic E-state index is 0. The Morgan fingerprint density at radius 3 is 2.60 bits per heavy atom. The fourth-order valence-corrected chi connectivity index (χ4v) is 2.81. The first kappa shape index (κ1) is 19.7. The third kappa shape index (κ3) is 5.98. The lowest BCUT2D eigenvalue weighted by molar-refractivity contribution is -0.126. The maximum atomic E-state index is 11.9. The predicted octanol–water partition coefficient (Wildman–Crippen LogP) is 2.22. The summed E-state index contributed by atoms with van der Waals surface area (Å²) in [6, 6.07) is 0. The molecule has 3 atom stereocenters. The molecule has 0 spiro atoms. The molecular weight excluding hydrogens is 276 g/mol. The Morgan fingerprint density at radius 1 is 1.40 bits per heavy atom. The van der Waals surface area contributed by atoms with Crippen LogP contribution in [0.3, 0.4) is 0 Å². The van der Waals surface area contributed by atoms with Gasteiger partial charge >= 0.3 is 0 Å². The van der Waals surface area contributed by atoms with Gasteiger partial charge in [0.25, 0.3) is 0 Å². The Balaban J connectivity index is 0.00000361. The van der Waals surface area contributed by atoms with E-state index in [2.05, 4.69) is 31.4 Å². The lowest BCUT2D eigenvalue weighted by atomic mass is 9.78. The second-order valence-electron chi connectivity index (χ2n) is 6.76. The van der Waals surface area contributed by atoms with Crippen molar-refractivity contribution in [2.75, 3.05) is 26.7 Å². The van der Waals surface area contributed by atoms with Gasteiger partial charge in [-0.25, -0.2) is 0 Å². The van der Waals surface area contributed by atoms with Gasteiger partial charge in [-0.1, -0.05) is 27.7 Å². The number of nitrogens with one attached hydrogen (secondary N) is 2. The number of carbonyl (C=O) groups is 1. The van der Waals surface area contributed by atoms with E-state index in [0.29, 0.717) is 5.92 Å². The molecule has 0 saturated carbocycles. The van der Waals surface area contributed by atoms with Gasteiger partial charge in [0, 0.05) is 31.5 Å². The smallest absolute Gasteiger partial charge is 0.224 e. The van der Waals surface area contributed by atoms with Gasteiger partial charge in [-0.3, -0.25) is 4.79 Å². The van der Waals surface area contributed by atoms with Crippen molar-refractivity contribution in [1.82, 2.24) is 10.6 Å². The van der Waals surface area contributed by atoms with E-state index in [1.165, 1.54) is 0 Å². The summed E-state index contributed by atoms with van der Waals surface area (Å²) in [5, 5.41) is 6.11. The molecule has 0 aromatic heterocycles. The largest absolute Gasteiger partial charge is 0.377 e. The van der Waals surface area contributed by atoms with Crippen LogP contribution in [0.25, 0.3) is 0 Å². The first-order valence-electron chi connectivity index (χ1n) is 7.40. The molecule has 120 valence electrons. The van der Waals surface area contributed by atoms with Crippen molar-refractivity contribution in [3.8, 4) is 0 Å². The summed E-state index contributed by atoms with van der Waals surface area (Å²) in [5.41, 5.74) is 0.131. The maximum absolute atomic E-state index is 11.9. The van der Waals surface area contributed by atoms with Gasteiger partial charge in [0.15, 0.2) is 0 Å². The van der Waals surface area contributed by atoms with Crippen molar-refractivity contribution in [2.24, 2.45) is 17.3 Å². The van der Waals surface area contributed by atoms with Crippen LogP contribution in [0, 0.1) is 17.3 Å². The fourth-order valence-electron chi connectivity index (χ4n) is 2.81. The van der Waals surface area contributed by atoms with E-state index < -0.39 is 0 Å². The molecule has 0 aliphatic carbocycles. The van der Waals surface area contributed by atoms with Gasteiger partial charge in [0.2, 0.25) is 5.91 Å². The molecule has 1 aliphatic rings. The van der Waals surface area contributed by atoms with Crippen molar-refractivity contribution in [2.45, 2.75) is 46.6 Å². The zero-order valence-electron chi connectivity index (χ0n) is 13.5. The Bertz CT molecular complexity index is 292. The Kier molecular flexibility index (Phi) is 8.71. The molecule has 1 amide bonds. The van der Waals surface area contributed by atoms with Crippen LogP contribution in [-0.2, 0) is 9.53 Å². The lowest BCUT2D eigenvalue weighted by Gasteiger charge is -2.40. The highest BCUT2D eigenvalue weighted by Crippen LogP contribution is 2.33. The van der Waals surface area contributed by atoms with Crippen LogP contribution in [0.4, 0.5) is 0 Å². The van der Waals surface area contributed by atoms with Gasteiger partial charge in [0.1, 0.15) is 0 Å². The standard InChI is InChI=1S/C15H30N2O2.ClH/c1-11(9-16-5)14(18)17-10-12-7-6-8-19-13(12)15(2,3)4;/h11-13,16H,6-10H2,1-5H3,(H,17,18);1H. The minimum Gasteiger partial charge on any atom is -0.377 e. The molecule has 0 aromatic carbocycles. The number of rotatable bonds is 5. The first-order valence-corrected chi connectivity index (χ1v) is 7.40. The molecule has 0 aromatic rings. The van der Waals surface area contributed by atoms with Crippen LogP contribution < -0.4 is 10.6 Å². The zero-order chi connectivity index (χ0) is 14.5. The highest BCUT2D eigenvalue weighted by atomic mass is 35.5. The summed E-state index contributed by atoms with van der Waals surface area (Å²) >= 11 is 0. The second-order valence-corrected chi connectivity index (χ2v) is 6.76. The van der Waals surface area contributed by atoms with E-state index in [1.54, 1.807) is 0 Å². The fraction of sp³-hybridized carbons (Fsp3) is 0.933. The van der Waals surface area contributed by atoms with Crippen molar-refractivity contribution < 1.29 is 9.53 Å². The lowest BCUT2D eigenvalue weighted by Crippen LogP contribution is -2.46. The monoisotopic (exact) mass is 306 g/mol. The summed E-state index contributed by atoms with van der Waals surface area (Å²) in [4.78, 5) is 11.9. The number of amides is 1. The SMILES string of the molecule is CNCC(C)C(=O)NCC1CCCOC1C(C)(C)C.Cl. The predicted molar refractivity (Wildman–Crippen MR) is 85.3 cm³/mol. The summed E-state index contributed by atoms with van der Waals surface area (Å²) in [6.45, 7) is 10.9. The van der Waals surface area contributed by atoms with E-state index in [9.17, 15) is 4.79 Å². The highest BCUT2D eigenvalue weighted by Gasteiger charge is 2.35. The Labute approximate surface area is 129 Å². The van der Waals surface area contributed by atoms with Crippen LogP contribution >= 0.6 is 12.4 Å². The number of hydrogen-bond donors (Lipinski definition) is 2. The van der Waals surface area contributed by atoms with E-state index in [1.807, 2.05) is 14.0 Å². The Morgan fingerprint density at radius 2 is 2.05 bits per heavy atom. The third-order valence-electron chi connectivity index (χ3n) is 3.79. The topological polar surface area (TPSA) is 50.4 Å². The van der Waals surface area contributed by atoms with Gasteiger partial charge in [0.05, 0.1) is 6.10 Å². The van der Waals surface area contributed by atoms with Crippen LogP contribution in [0.1, 0.15) is 40.5 Å². The molecule has 1 saturated heterocycles. The quantitative estimate of drug-likeness (QED) is 0.819. The number of hydrogen-bond acceptors (Lipinski definition) is 3. The summed E-state index contributed by atoms with van der Waals surface area (Å²) < 4.78 is 5.93. The highest BCUT2D eigenvalue weighted by molar-refractivity contribution is 5.85. The van der Waals surface area contributed by atoms with Gasteiger partial charge < -0.3 is 15.4 Å². The van der Waals surface area contributed by atoms with E-state index in [-0.39, 0.29) is 35.8 Å². The third-order valence-corrected chi connectivity index (χ3v) is 3.79. The minimum absolute atomic E-state index is 0. The number of halogens is 1. The van der Waals surface area contributed by atoms with Crippen molar-refractivity contribution in [3.63, 3.8) is 0 Å². The molecule has 3 unspecified atom stereocenters. The molecule has 1 heterocycles. The zero-order valence-corrected chi connectivity index (χ0v) is 14.3. The average Bonchev–Trinajstić information content (AvgIpc) is 2.35. The summed E-state index contributed by atoms with van der Waals surface area (Å²) in [6.07, 6.45) is 2.48. The van der Waals surface area contributed by atoms with Crippen LogP contribution in [0.2, 0.25) is 0 Å².